The van der Waals surface area contributed by atoms with E-state index in [0.29, 0.717) is 5.25 Å². The van der Waals surface area contributed by atoms with E-state index in [1.165, 1.54) is 54.6 Å². The third kappa shape index (κ3) is 5.58. The van der Waals surface area contributed by atoms with Crippen molar-refractivity contribution in [2.45, 2.75) is 35.3 Å². The molecule has 5 heteroatoms. The highest BCUT2D eigenvalue weighted by molar-refractivity contribution is 8.00. The molecule has 1 aliphatic carbocycles. The molecule has 0 saturated heterocycles. The van der Waals surface area contributed by atoms with Crippen LogP contribution in [-0.4, -0.2) is 22.3 Å². The standard InChI is InChI=1S/C48H37N3S2/c1-3-13-31(29-48-30-43(48)52-42-28-36-17-8-7-16-35(36)27-39(42)48)26-37-18-9-11-20-40(37)51(2)46-44(34-24-22-33(23-25-34)32-14-5-4-6-15-32)50-47-45(49-46)38-19-10-12-21-41(38)53-47/h3-25,27-29,43H,26,30H2,1-2H3/b13-3-,31-29-. The molecule has 0 radical (unpaired) electrons. The summed E-state index contributed by atoms with van der Waals surface area (Å²) >= 11 is 3.77. The van der Waals surface area contributed by atoms with Crippen molar-refractivity contribution in [3.63, 3.8) is 0 Å². The van der Waals surface area contributed by atoms with Crippen molar-refractivity contribution in [3.8, 4) is 22.4 Å². The zero-order valence-electron chi connectivity index (χ0n) is 29.7. The number of hydrogen-bond acceptors (Lipinski definition) is 5. The maximum atomic E-state index is 5.45. The average molecular weight is 720 g/mol. The Morgan fingerprint density at radius 2 is 1.47 bits per heavy atom. The smallest absolute Gasteiger partial charge is 0.160 e. The van der Waals surface area contributed by atoms with Crippen molar-refractivity contribution in [1.29, 1.82) is 0 Å². The van der Waals surface area contributed by atoms with Gasteiger partial charge in [-0.05, 0) is 82.6 Å². The highest BCUT2D eigenvalue weighted by Gasteiger charge is 2.59. The van der Waals surface area contributed by atoms with E-state index < -0.39 is 0 Å². The molecule has 0 amide bonds. The Hall–Kier alpha value is -5.49. The minimum atomic E-state index is 0.0926. The number of fused-ring (bicyclic) bond motifs is 7. The zero-order valence-corrected chi connectivity index (χ0v) is 31.3. The largest absolute Gasteiger partial charge is 0.327 e. The van der Waals surface area contributed by atoms with Crippen LogP contribution in [0, 0.1) is 0 Å². The molecule has 1 fully saturated rings. The van der Waals surface area contributed by atoms with Crippen molar-refractivity contribution in [2.75, 3.05) is 11.9 Å². The van der Waals surface area contributed by atoms with Gasteiger partial charge in [-0.15, -0.1) is 23.1 Å². The molecular formula is C48H37N3S2. The Morgan fingerprint density at radius 3 is 2.30 bits per heavy atom. The molecule has 256 valence electrons. The Bertz CT molecular complexity index is 2750. The first-order valence-electron chi connectivity index (χ1n) is 18.3. The quantitative estimate of drug-likeness (QED) is 0.146. The Morgan fingerprint density at radius 1 is 0.774 bits per heavy atom. The molecule has 0 spiro atoms. The summed E-state index contributed by atoms with van der Waals surface area (Å²) in [5, 5.41) is 4.40. The molecule has 6 aromatic carbocycles. The fourth-order valence-corrected chi connectivity index (χ4v) is 10.8. The monoisotopic (exact) mass is 719 g/mol. The van der Waals surface area contributed by atoms with Crippen molar-refractivity contribution in [1.82, 2.24) is 9.97 Å². The summed E-state index contributed by atoms with van der Waals surface area (Å²) in [5.74, 6) is 0.853. The zero-order chi connectivity index (χ0) is 35.5. The van der Waals surface area contributed by atoms with Crippen molar-refractivity contribution >= 4 is 65.8 Å². The molecule has 53 heavy (non-hydrogen) atoms. The second-order valence-electron chi connectivity index (χ2n) is 14.2. The molecule has 2 unspecified atom stereocenters. The third-order valence-electron chi connectivity index (χ3n) is 10.9. The van der Waals surface area contributed by atoms with Crippen LogP contribution in [0.4, 0.5) is 11.5 Å². The van der Waals surface area contributed by atoms with Crippen LogP contribution < -0.4 is 4.90 Å². The maximum absolute atomic E-state index is 5.45. The van der Waals surface area contributed by atoms with E-state index in [1.54, 1.807) is 11.3 Å². The van der Waals surface area contributed by atoms with Gasteiger partial charge in [-0.2, -0.15) is 0 Å². The summed E-state index contributed by atoms with van der Waals surface area (Å²) < 4.78 is 1.20. The van der Waals surface area contributed by atoms with Gasteiger partial charge < -0.3 is 4.90 Å². The number of aromatic nitrogens is 2. The molecule has 8 aromatic rings. The molecule has 2 aromatic heterocycles. The van der Waals surface area contributed by atoms with Gasteiger partial charge in [0.25, 0.3) is 0 Å². The van der Waals surface area contributed by atoms with Gasteiger partial charge in [-0.25, -0.2) is 9.97 Å². The van der Waals surface area contributed by atoms with Crippen LogP contribution in [-0.2, 0) is 11.8 Å². The first-order valence-corrected chi connectivity index (χ1v) is 20.0. The summed E-state index contributed by atoms with van der Waals surface area (Å²) in [5.41, 5.74) is 10.6. The summed E-state index contributed by atoms with van der Waals surface area (Å²) in [6, 6.07) is 50.2. The normalized spacial score (nSPS) is 17.8. The lowest BCUT2D eigenvalue weighted by Crippen LogP contribution is -2.16. The number of thioether (sulfide) groups is 1. The average Bonchev–Trinajstić information content (AvgIpc) is 3.63. The second kappa shape index (κ2) is 12.9. The van der Waals surface area contributed by atoms with Gasteiger partial charge in [0.1, 0.15) is 16.0 Å². The van der Waals surface area contributed by atoms with Crippen molar-refractivity contribution < 1.29 is 0 Å². The summed E-state index contributed by atoms with van der Waals surface area (Å²) in [4.78, 5) is 15.5. The second-order valence-corrected chi connectivity index (χ2v) is 16.5. The van der Waals surface area contributed by atoms with Crippen molar-refractivity contribution in [3.05, 3.63) is 174 Å². The van der Waals surface area contributed by atoms with E-state index in [9.17, 15) is 0 Å². The number of hydrogen-bond donors (Lipinski definition) is 0. The van der Waals surface area contributed by atoms with Gasteiger partial charge in [-0.1, -0.05) is 133 Å². The topological polar surface area (TPSA) is 29.0 Å². The van der Waals surface area contributed by atoms with E-state index >= 15 is 0 Å². The van der Waals surface area contributed by atoms with Gasteiger partial charge in [0.15, 0.2) is 5.82 Å². The molecule has 1 aliphatic heterocycles. The lowest BCUT2D eigenvalue weighted by Gasteiger charge is -2.24. The van der Waals surface area contributed by atoms with E-state index in [2.05, 4.69) is 188 Å². The van der Waals surface area contributed by atoms with Gasteiger partial charge in [0.2, 0.25) is 0 Å². The van der Waals surface area contributed by atoms with Crippen LogP contribution in [0.3, 0.4) is 0 Å². The molecule has 0 bridgehead atoms. The Labute approximate surface area is 318 Å². The number of thiophene rings is 1. The van der Waals surface area contributed by atoms with Crippen LogP contribution in [0.15, 0.2) is 168 Å². The Balaban J connectivity index is 1.06. The summed E-state index contributed by atoms with van der Waals surface area (Å²) in [6.45, 7) is 2.13. The molecule has 0 N–H and O–H groups in total. The van der Waals surface area contributed by atoms with Crippen molar-refractivity contribution in [2.24, 2.45) is 0 Å². The summed E-state index contributed by atoms with van der Waals surface area (Å²) in [7, 11) is 2.15. The summed E-state index contributed by atoms with van der Waals surface area (Å²) in [6.07, 6.45) is 9.11. The maximum Gasteiger partial charge on any atom is 0.160 e. The lowest BCUT2D eigenvalue weighted by molar-refractivity contribution is 0.873. The number of para-hydroxylation sites is 1. The van der Waals surface area contributed by atoms with Crippen LogP contribution in [0.2, 0.25) is 0 Å². The van der Waals surface area contributed by atoms with Gasteiger partial charge >= 0.3 is 0 Å². The van der Waals surface area contributed by atoms with Crippen LogP contribution in [0.5, 0.6) is 0 Å². The number of anilines is 2. The van der Waals surface area contributed by atoms with E-state index in [0.717, 1.165) is 44.9 Å². The van der Waals surface area contributed by atoms with E-state index in [-0.39, 0.29) is 5.41 Å². The molecule has 2 aliphatic rings. The predicted octanol–water partition coefficient (Wildman–Crippen LogP) is 13.0. The highest BCUT2D eigenvalue weighted by Crippen LogP contribution is 2.67. The fraction of sp³-hybridized carbons (Fsp3) is 0.125. The molecule has 2 atom stereocenters. The fourth-order valence-electron chi connectivity index (χ4n) is 8.16. The van der Waals surface area contributed by atoms with Crippen LogP contribution in [0.25, 0.3) is 53.6 Å². The van der Waals surface area contributed by atoms with Crippen LogP contribution >= 0.6 is 23.1 Å². The molecule has 3 nitrogen and oxygen atoms in total. The minimum Gasteiger partial charge on any atom is -0.327 e. The number of benzene rings is 6. The molecule has 1 saturated carbocycles. The minimum absolute atomic E-state index is 0.0926. The molecule has 3 heterocycles. The number of rotatable bonds is 8. The number of allylic oxidation sites excluding steroid dienone is 4. The molecular weight excluding hydrogens is 683 g/mol. The third-order valence-corrected chi connectivity index (χ3v) is 13.4. The van der Waals surface area contributed by atoms with Crippen LogP contribution in [0.1, 0.15) is 24.5 Å². The molecule has 10 rings (SSSR count). The van der Waals surface area contributed by atoms with Gasteiger partial charge in [0.05, 0.1) is 0 Å². The van der Waals surface area contributed by atoms with E-state index in [1.807, 2.05) is 0 Å². The Kier molecular flexibility index (Phi) is 7.82. The highest BCUT2D eigenvalue weighted by atomic mass is 32.2. The number of nitrogens with zero attached hydrogens (tertiary/aromatic N) is 3. The predicted molar refractivity (Wildman–Crippen MR) is 227 cm³/mol. The van der Waals surface area contributed by atoms with Gasteiger partial charge in [-0.3, -0.25) is 0 Å². The SMILES string of the molecule is C/C=C\C(=C\C12CC1Sc1cc3ccccc3cc12)Cc1ccccc1N(C)c1nc2c(nc1-c1ccc(-c3ccccc3)cc1)sc1ccccc12. The first kappa shape index (κ1) is 32.2. The lowest BCUT2D eigenvalue weighted by atomic mass is 9.89. The van der Waals surface area contributed by atoms with Gasteiger partial charge in [0, 0.05) is 43.9 Å². The van der Waals surface area contributed by atoms with E-state index in [4.69, 9.17) is 9.97 Å². The first-order chi connectivity index (χ1) is 26.1.